The Morgan fingerprint density at radius 2 is 1.79 bits per heavy atom. The van der Waals surface area contributed by atoms with E-state index >= 15 is 0 Å². The molecule has 10 nitrogen and oxygen atoms in total. The summed E-state index contributed by atoms with van der Waals surface area (Å²) in [5.41, 5.74) is 0.0180. The number of nitrogens with one attached hydrogen (secondary N) is 2. The van der Waals surface area contributed by atoms with E-state index < -0.39 is 22.6 Å². The molecular formula is C18H14FN5O5. The van der Waals surface area contributed by atoms with Crippen molar-refractivity contribution in [1.29, 1.82) is 0 Å². The SMILES string of the molecule is O=C(NCCNC(=O)c1nc(-c2ccccc2F)no1)c1cccc([N+](=O)[O-])c1. The van der Waals surface area contributed by atoms with E-state index in [2.05, 4.69) is 20.8 Å². The van der Waals surface area contributed by atoms with Crippen LogP contribution in [0.3, 0.4) is 0 Å². The zero-order chi connectivity index (χ0) is 20.8. The Bertz CT molecular complexity index is 1070. The first-order chi connectivity index (χ1) is 14.0. The number of nitro groups is 1. The second-order valence-electron chi connectivity index (χ2n) is 5.72. The van der Waals surface area contributed by atoms with Crippen molar-refractivity contribution < 1.29 is 23.4 Å². The molecule has 29 heavy (non-hydrogen) atoms. The van der Waals surface area contributed by atoms with Crippen molar-refractivity contribution >= 4 is 17.5 Å². The fourth-order valence-electron chi connectivity index (χ4n) is 2.36. The second kappa shape index (κ2) is 8.69. The lowest BCUT2D eigenvalue weighted by Gasteiger charge is -2.05. The second-order valence-corrected chi connectivity index (χ2v) is 5.72. The molecule has 0 aliphatic rings. The van der Waals surface area contributed by atoms with Crippen LogP contribution in [0.15, 0.2) is 53.1 Å². The number of carbonyl (C=O) groups excluding carboxylic acids is 2. The average molecular weight is 399 g/mol. The molecule has 0 aliphatic heterocycles. The first-order valence-electron chi connectivity index (χ1n) is 8.35. The molecule has 0 unspecified atom stereocenters. The normalized spacial score (nSPS) is 10.4. The number of non-ortho nitro benzene ring substituents is 1. The fraction of sp³-hybridized carbons (Fsp3) is 0.111. The molecule has 0 saturated carbocycles. The molecule has 0 fully saturated rings. The van der Waals surface area contributed by atoms with Gasteiger partial charge < -0.3 is 15.2 Å². The molecule has 0 bridgehead atoms. The predicted molar refractivity (Wildman–Crippen MR) is 97.5 cm³/mol. The van der Waals surface area contributed by atoms with Gasteiger partial charge in [0, 0.05) is 30.8 Å². The number of aromatic nitrogens is 2. The molecule has 2 amide bonds. The molecule has 148 valence electrons. The van der Waals surface area contributed by atoms with Crippen molar-refractivity contribution in [2.45, 2.75) is 0 Å². The minimum Gasteiger partial charge on any atom is -0.350 e. The van der Waals surface area contributed by atoms with Gasteiger partial charge in [-0.25, -0.2) is 4.39 Å². The minimum absolute atomic E-state index is 0.0386. The summed E-state index contributed by atoms with van der Waals surface area (Å²) in [6.07, 6.45) is 0. The van der Waals surface area contributed by atoms with Crippen molar-refractivity contribution in [3.05, 3.63) is 75.9 Å². The molecule has 1 heterocycles. The number of nitro benzene ring substituents is 1. The summed E-state index contributed by atoms with van der Waals surface area (Å²) >= 11 is 0. The van der Waals surface area contributed by atoms with Gasteiger partial charge in [0.05, 0.1) is 10.5 Å². The van der Waals surface area contributed by atoms with Crippen LogP contribution in [-0.4, -0.2) is 40.0 Å². The maximum absolute atomic E-state index is 13.7. The number of hydrogen-bond donors (Lipinski definition) is 2. The Hall–Kier alpha value is -4.15. The molecule has 3 aromatic rings. The molecule has 0 atom stereocenters. The summed E-state index contributed by atoms with van der Waals surface area (Å²) in [6, 6.07) is 11.0. The van der Waals surface area contributed by atoms with Gasteiger partial charge in [-0.3, -0.25) is 19.7 Å². The van der Waals surface area contributed by atoms with E-state index in [4.69, 9.17) is 4.52 Å². The van der Waals surface area contributed by atoms with Gasteiger partial charge in [0.15, 0.2) is 0 Å². The van der Waals surface area contributed by atoms with Gasteiger partial charge in [-0.1, -0.05) is 23.4 Å². The van der Waals surface area contributed by atoms with Crippen molar-refractivity contribution in [2.75, 3.05) is 13.1 Å². The number of rotatable bonds is 7. The number of carbonyl (C=O) groups is 2. The quantitative estimate of drug-likeness (QED) is 0.351. The Kier molecular flexibility index (Phi) is 5.88. The number of nitrogens with zero attached hydrogens (tertiary/aromatic N) is 3. The van der Waals surface area contributed by atoms with Crippen LogP contribution in [0.1, 0.15) is 21.0 Å². The fourth-order valence-corrected chi connectivity index (χ4v) is 2.36. The highest BCUT2D eigenvalue weighted by Gasteiger charge is 2.18. The lowest BCUT2D eigenvalue weighted by Crippen LogP contribution is -2.34. The number of amides is 2. The monoisotopic (exact) mass is 399 g/mol. The molecule has 2 N–H and O–H groups in total. The van der Waals surface area contributed by atoms with Crippen LogP contribution in [0.4, 0.5) is 10.1 Å². The van der Waals surface area contributed by atoms with Crippen LogP contribution >= 0.6 is 0 Å². The molecule has 2 aromatic carbocycles. The predicted octanol–water partition coefficient (Wildman–Crippen LogP) is 1.94. The Labute approximate surface area is 162 Å². The Morgan fingerprint density at radius 1 is 1.07 bits per heavy atom. The lowest BCUT2D eigenvalue weighted by molar-refractivity contribution is -0.384. The smallest absolute Gasteiger partial charge is 0.316 e. The topological polar surface area (TPSA) is 140 Å². The highest BCUT2D eigenvalue weighted by atomic mass is 19.1. The van der Waals surface area contributed by atoms with Gasteiger partial charge in [0.2, 0.25) is 5.82 Å². The zero-order valence-corrected chi connectivity index (χ0v) is 14.8. The summed E-state index contributed by atoms with van der Waals surface area (Å²) in [5.74, 6) is -2.18. The molecule has 0 aliphatic carbocycles. The highest BCUT2D eigenvalue weighted by Crippen LogP contribution is 2.19. The number of halogens is 1. The summed E-state index contributed by atoms with van der Waals surface area (Å²) in [6.45, 7) is 0.0957. The summed E-state index contributed by atoms with van der Waals surface area (Å²) < 4.78 is 18.5. The third-order valence-electron chi connectivity index (χ3n) is 3.75. The van der Waals surface area contributed by atoms with Crippen LogP contribution in [0.2, 0.25) is 0 Å². The van der Waals surface area contributed by atoms with Gasteiger partial charge in [0.1, 0.15) is 5.82 Å². The third kappa shape index (κ3) is 4.77. The van der Waals surface area contributed by atoms with Gasteiger partial charge in [-0.05, 0) is 18.2 Å². The van der Waals surface area contributed by atoms with Crippen molar-refractivity contribution in [3.8, 4) is 11.4 Å². The summed E-state index contributed by atoms with van der Waals surface area (Å²) in [7, 11) is 0. The molecule has 1 aromatic heterocycles. The van der Waals surface area contributed by atoms with Gasteiger partial charge >= 0.3 is 11.8 Å². The van der Waals surface area contributed by atoms with Crippen LogP contribution < -0.4 is 10.6 Å². The van der Waals surface area contributed by atoms with Crippen LogP contribution in [0, 0.1) is 15.9 Å². The van der Waals surface area contributed by atoms with Crippen molar-refractivity contribution in [2.24, 2.45) is 0 Å². The van der Waals surface area contributed by atoms with Gasteiger partial charge in [0.25, 0.3) is 11.6 Å². The van der Waals surface area contributed by atoms with E-state index in [-0.39, 0.29) is 41.6 Å². The number of benzene rings is 2. The number of hydrogen-bond acceptors (Lipinski definition) is 7. The average Bonchev–Trinajstić information content (AvgIpc) is 3.21. The van der Waals surface area contributed by atoms with E-state index in [9.17, 15) is 24.1 Å². The summed E-state index contributed by atoms with van der Waals surface area (Å²) in [5, 5.41) is 19.3. The molecule has 0 saturated heterocycles. The first-order valence-corrected chi connectivity index (χ1v) is 8.35. The Balaban J connectivity index is 1.50. The standard InChI is InChI=1S/C18H14FN5O5/c19-14-7-2-1-6-13(14)15-22-18(29-23-15)17(26)21-9-8-20-16(25)11-4-3-5-12(10-11)24(27)28/h1-7,10H,8-9H2,(H,20,25)(H,21,26). The zero-order valence-electron chi connectivity index (χ0n) is 14.8. The minimum atomic E-state index is -0.690. The third-order valence-corrected chi connectivity index (χ3v) is 3.75. The van der Waals surface area contributed by atoms with Crippen molar-refractivity contribution in [1.82, 2.24) is 20.8 Å². The molecule has 3 rings (SSSR count). The lowest BCUT2D eigenvalue weighted by atomic mass is 10.2. The largest absolute Gasteiger partial charge is 0.350 e. The Morgan fingerprint density at radius 3 is 2.52 bits per heavy atom. The molecule has 11 heteroatoms. The van der Waals surface area contributed by atoms with Crippen LogP contribution in [0.25, 0.3) is 11.4 Å². The molecular weight excluding hydrogens is 385 g/mol. The molecule has 0 radical (unpaired) electrons. The van der Waals surface area contributed by atoms with E-state index in [0.29, 0.717) is 0 Å². The first kappa shape index (κ1) is 19.6. The van der Waals surface area contributed by atoms with E-state index in [1.807, 2.05) is 0 Å². The summed E-state index contributed by atoms with van der Waals surface area (Å²) in [4.78, 5) is 38.0. The van der Waals surface area contributed by atoms with Crippen LogP contribution in [0.5, 0.6) is 0 Å². The van der Waals surface area contributed by atoms with Crippen LogP contribution in [-0.2, 0) is 0 Å². The van der Waals surface area contributed by atoms with Gasteiger partial charge in [-0.15, -0.1) is 0 Å². The van der Waals surface area contributed by atoms with E-state index in [0.717, 1.165) is 6.07 Å². The highest BCUT2D eigenvalue weighted by molar-refractivity contribution is 5.95. The van der Waals surface area contributed by atoms with E-state index in [1.165, 1.54) is 36.4 Å². The maximum Gasteiger partial charge on any atom is 0.316 e. The van der Waals surface area contributed by atoms with E-state index in [1.54, 1.807) is 6.07 Å². The molecule has 0 spiro atoms. The van der Waals surface area contributed by atoms with Gasteiger partial charge in [-0.2, -0.15) is 4.98 Å². The maximum atomic E-state index is 13.7. The van der Waals surface area contributed by atoms with Crippen molar-refractivity contribution in [3.63, 3.8) is 0 Å².